The molecule has 1 saturated carbocycles. The van der Waals surface area contributed by atoms with Gasteiger partial charge in [0.2, 0.25) is 11.8 Å². The molecule has 2 heterocycles. The van der Waals surface area contributed by atoms with Crippen molar-refractivity contribution in [2.75, 3.05) is 16.8 Å². The highest BCUT2D eigenvalue weighted by atomic mass is 16.3. The number of nitrogens with one attached hydrogen (secondary N) is 2. The molecule has 8 heteroatoms. The molecule has 8 nitrogen and oxygen atoms in total. The molecule has 3 N–H and O–H groups in total. The number of amides is 3. The average Bonchev–Trinajstić information content (AvgIpc) is 3.31. The van der Waals surface area contributed by atoms with Gasteiger partial charge in [0.1, 0.15) is 17.9 Å². The van der Waals surface area contributed by atoms with E-state index in [0.29, 0.717) is 30.8 Å². The molecule has 192 valence electrons. The molecule has 1 aromatic heterocycles. The van der Waals surface area contributed by atoms with Crippen LogP contribution in [0.3, 0.4) is 0 Å². The zero-order valence-electron chi connectivity index (χ0n) is 20.9. The average molecular weight is 493 g/mol. The Hall–Kier alpha value is -3.26. The molecule has 1 aliphatic heterocycles. The molecule has 2 aliphatic rings. The van der Waals surface area contributed by atoms with Gasteiger partial charge in [0.25, 0.3) is 5.91 Å². The lowest BCUT2D eigenvalue weighted by Gasteiger charge is -2.35. The Balaban J connectivity index is 1.61. The van der Waals surface area contributed by atoms with Crippen LogP contribution in [-0.4, -0.2) is 46.5 Å². The van der Waals surface area contributed by atoms with E-state index in [1.54, 1.807) is 6.20 Å². The number of para-hydroxylation sites is 1. The van der Waals surface area contributed by atoms with E-state index in [4.69, 9.17) is 5.11 Å². The van der Waals surface area contributed by atoms with Crippen LogP contribution in [-0.2, 0) is 20.8 Å². The monoisotopic (exact) mass is 492 g/mol. The van der Waals surface area contributed by atoms with Crippen molar-refractivity contribution in [3.8, 4) is 0 Å². The van der Waals surface area contributed by atoms with Gasteiger partial charge in [-0.05, 0) is 55.4 Å². The number of nitrogens with zero attached hydrogens (tertiary/aromatic N) is 2. The fraction of sp³-hybridized carbons (Fsp3) is 0.500. The molecule has 0 radical (unpaired) electrons. The summed E-state index contributed by atoms with van der Waals surface area (Å²) in [5.74, 6) is -0.590. The number of pyridine rings is 1. The maximum absolute atomic E-state index is 14.2. The lowest BCUT2D eigenvalue weighted by molar-refractivity contribution is -0.132. The molecule has 36 heavy (non-hydrogen) atoms. The quantitative estimate of drug-likeness (QED) is 0.496. The molecule has 3 amide bonds. The largest absolute Gasteiger partial charge is 0.396 e. The van der Waals surface area contributed by atoms with Crippen molar-refractivity contribution in [1.82, 2.24) is 10.3 Å². The summed E-state index contributed by atoms with van der Waals surface area (Å²) in [5, 5.41) is 15.1. The first kappa shape index (κ1) is 25.8. The predicted molar refractivity (Wildman–Crippen MR) is 138 cm³/mol. The molecule has 4 rings (SSSR count). The zero-order chi connectivity index (χ0) is 25.5. The molecule has 1 aromatic carbocycles. The lowest BCUT2D eigenvalue weighted by atomic mass is 9.83. The Kier molecular flexibility index (Phi) is 8.70. The molecule has 0 saturated heterocycles. The van der Waals surface area contributed by atoms with E-state index in [1.807, 2.05) is 49.4 Å². The third kappa shape index (κ3) is 5.93. The minimum Gasteiger partial charge on any atom is -0.396 e. The summed E-state index contributed by atoms with van der Waals surface area (Å²) >= 11 is 0. The first-order valence-corrected chi connectivity index (χ1v) is 13.0. The summed E-state index contributed by atoms with van der Waals surface area (Å²) in [6.07, 6.45) is 7.92. The Bertz CT molecular complexity index is 1050. The summed E-state index contributed by atoms with van der Waals surface area (Å²) in [7, 11) is 0. The number of aliphatic hydroxyl groups excluding tert-OH is 1. The van der Waals surface area contributed by atoms with E-state index < -0.39 is 12.1 Å². The molecule has 1 fully saturated rings. The highest BCUT2D eigenvalue weighted by Gasteiger charge is 2.44. The van der Waals surface area contributed by atoms with Gasteiger partial charge in [-0.25, -0.2) is 4.98 Å². The van der Waals surface area contributed by atoms with Gasteiger partial charge >= 0.3 is 0 Å². The van der Waals surface area contributed by atoms with E-state index in [2.05, 4.69) is 15.6 Å². The summed E-state index contributed by atoms with van der Waals surface area (Å²) in [6.45, 7) is 1.84. The standard InChI is InChI=1S/C28H36N4O4/c1-19(10-9-17-33)26(34)31-24(20-11-4-2-5-12-20)28(36)32-23(18-21-13-8-16-29-25(21)32)27(35)30-22-14-6-3-7-15-22/h3,6-8,13-16,19-20,23-24,33H,2,4-5,9-12,17-18H2,1H3,(H,30,35)(H,31,34)/t19-,23+,24+/m1/s1. The summed E-state index contributed by atoms with van der Waals surface area (Å²) < 4.78 is 0. The molecule has 3 atom stereocenters. The number of benzene rings is 1. The van der Waals surface area contributed by atoms with Gasteiger partial charge in [0.15, 0.2) is 0 Å². The van der Waals surface area contributed by atoms with Crippen LogP contribution in [0.4, 0.5) is 11.5 Å². The minimum absolute atomic E-state index is 0.00541. The summed E-state index contributed by atoms with van der Waals surface area (Å²) in [5.41, 5.74) is 1.50. The number of anilines is 2. The molecule has 2 aromatic rings. The van der Waals surface area contributed by atoms with Crippen LogP contribution in [0, 0.1) is 11.8 Å². The zero-order valence-corrected chi connectivity index (χ0v) is 20.9. The van der Waals surface area contributed by atoms with Crippen molar-refractivity contribution in [2.24, 2.45) is 11.8 Å². The van der Waals surface area contributed by atoms with Crippen LogP contribution in [0.15, 0.2) is 48.7 Å². The van der Waals surface area contributed by atoms with Crippen LogP contribution in [0.2, 0.25) is 0 Å². The van der Waals surface area contributed by atoms with Crippen molar-refractivity contribution < 1.29 is 19.5 Å². The van der Waals surface area contributed by atoms with E-state index in [0.717, 1.165) is 37.7 Å². The number of hydrogen-bond donors (Lipinski definition) is 3. The first-order chi connectivity index (χ1) is 17.5. The Labute approximate surface area is 212 Å². The number of rotatable bonds is 9. The molecular formula is C28H36N4O4. The van der Waals surface area contributed by atoms with Crippen LogP contribution in [0.25, 0.3) is 0 Å². The lowest BCUT2D eigenvalue weighted by Crippen LogP contribution is -2.57. The van der Waals surface area contributed by atoms with E-state index in [1.165, 1.54) is 4.90 Å². The fourth-order valence-corrected chi connectivity index (χ4v) is 5.29. The second kappa shape index (κ2) is 12.1. The topological polar surface area (TPSA) is 112 Å². The third-order valence-electron chi connectivity index (χ3n) is 7.33. The number of hydrogen-bond acceptors (Lipinski definition) is 5. The highest BCUT2D eigenvalue weighted by Crippen LogP contribution is 2.34. The Morgan fingerprint density at radius 3 is 2.56 bits per heavy atom. The van der Waals surface area contributed by atoms with Gasteiger partial charge in [0.05, 0.1) is 0 Å². The summed E-state index contributed by atoms with van der Waals surface area (Å²) in [4.78, 5) is 46.6. The molecule has 0 spiro atoms. The van der Waals surface area contributed by atoms with Crippen molar-refractivity contribution in [3.63, 3.8) is 0 Å². The maximum Gasteiger partial charge on any atom is 0.251 e. The van der Waals surface area contributed by atoms with Gasteiger partial charge in [-0.1, -0.05) is 50.5 Å². The normalized spacial score (nSPS) is 19.3. The van der Waals surface area contributed by atoms with Crippen LogP contribution in [0.1, 0.15) is 57.4 Å². The number of fused-ring (bicyclic) bond motifs is 1. The van der Waals surface area contributed by atoms with Crippen molar-refractivity contribution in [1.29, 1.82) is 0 Å². The van der Waals surface area contributed by atoms with Crippen LogP contribution < -0.4 is 15.5 Å². The van der Waals surface area contributed by atoms with Gasteiger partial charge in [-0.2, -0.15) is 0 Å². The second-order valence-electron chi connectivity index (χ2n) is 9.92. The van der Waals surface area contributed by atoms with Gasteiger partial charge in [-0.3, -0.25) is 19.3 Å². The van der Waals surface area contributed by atoms with Crippen LogP contribution in [0.5, 0.6) is 0 Å². The van der Waals surface area contributed by atoms with Gasteiger partial charge < -0.3 is 15.7 Å². The van der Waals surface area contributed by atoms with E-state index in [-0.39, 0.29) is 36.2 Å². The SMILES string of the molecule is C[C@H](CCCO)C(=O)N[C@H](C(=O)N1c2ncccc2C[C@H]1C(=O)Nc1ccccc1)C1CCCCC1. The van der Waals surface area contributed by atoms with E-state index in [9.17, 15) is 14.4 Å². The van der Waals surface area contributed by atoms with Crippen molar-refractivity contribution >= 4 is 29.2 Å². The summed E-state index contributed by atoms with van der Waals surface area (Å²) in [6, 6.07) is 11.4. The Morgan fingerprint density at radius 1 is 1.08 bits per heavy atom. The molecule has 0 unspecified atom stereocenters. The van der Waals surface area contributed by atoms with Crippen LogP contribution >= 0.6 is 0 Å². The van der Waals surface area contributed by atoms with Gasteiger partial charge in [0, 0.05) is 30.8 Å². The smallest absolute Gasteiger partial charge is 0.251 e. The Morgan fingerprint density at radius 2 is 1.83 bits per heavy atom. The first-order valence-electron chi connectivity index (χ1n) is 13.0. The van der Waals surface area contributed by atoms with Crippen molar-refractivity contribution in [2.45, 2.75) is 70.4 Å². The third-order valence-corrected chi connectivity index (χ3v) is 7.33. The van der Waals surface area contributed by atoms with E-state index >= 15 is 0 Å². The predicted octanol–water partition coefficient (Wildman–Crippen LogP) is 3.45. The highest BCUT2D eigenvalue weighted by molar-refractivity contribution is 6.09. The fourth-order valence-electron chi connectivity index (χ4n) is 5.29. The molecule has 1 aliphatic carbocycles. The molecule has 0 bridgehead atoms. The second-order valence-corrected chi connectivity index (χ2v) is 9.92. The minimum atomic E-state index is -0.752. The number of aromatic nitrogens is 1. The van der Waals surface area contributed by atoms with Gasteiger partial charge in [-0.15, -0.1) is 0 Å². The number of carbonyl (C=O) groups excluding carboxylic acids is 3. The molecular weight excluding hydrogens is 456 g/mol. The van der Waals surface area contributed by atoms with Crippen molar-refractivity contribution in [3.05, 3.63) is 54.2 Å². The maximum atomic E-state index is 14.2. The number of carbonyl (C=O) groups is 3. The number of aliphatic hydroxyl groups is 1.